The first-order chi connectivity index (χ1) is 5.07. The van der Waals surface area contributed by atoms with Crippen LogP contribution in [0.2, 0.25) is 0 Å². The number of terminal acetylenes is 1. The third-order valence-electron chi connectivity index (χ3n) is 1.04. The summed E-state index contributed by atoms with van der Waals surface area (Å²) in [5, 5.41) is 2.32. The minimum atomic E-state index is -0.738. The van der Waals surface area contributed by atoms with Gasteiger partial charge in [0.1, 0.15) is 6.04 Å². The molecule has 3 N–H and O–H groups in total. The molecular weight excluding hydrogens is 144 g/mol. The molecule has 0 bridgehead atoms. The van der Waals surface area contributed by atoms with Crippen LogP contribution in [0.1, 0.15) is 13.3 Å². The van der Waals surface area contributed by atoms with E-state index in [2.05, 4.69) is 11.2 Å². The highest BCUT2D eigenvalue weighted by Crippen LogP contribution is 1.87. The van der Waals surface area contributed by atoms with Crippen molar-refractivity contribution in [1.29, 1.82) is 0 Å². The number of carbonyl (C=O) groups excluding carboxylic acids is 2. The largest absolute Gasteiger partial charge is 0.368 e. The molecule has 0 rings (SSSR count). The van der Waals surface area contributed by atoms with Crippen LogP contribution in [-0.4, -0.2) is 17.9 Å². The number of nitrogens with one attached hydrogen (secondary N) is 1. The molecule has 0 spiro atoms. The van der Waals surface area contributed by atoms with Crippen LogP contribution in [0, 0.1) is 12.3 Å². The Morgan fingerprint density at radius 1 is 1.73 bits per heavy atom. The minimum absolute atomic E-state index is 0.134. The Bertz CT molecular complexity index is 205. The summed E-state index contributed by atoms with van der Waals surface area (Å²) in [6.07, 6.45) is 5.07. The summed E-state index contributed by atoms with van der Waals surface area (Å²) >= 11 is 0. The van der Waals surface area contributed by atoms with E-state index in [0.29, 0.717) is 0 Å². The number of hydrogen-bond acceptors (Lipinski definition) is 2. The molecule has 0 radical (unpaired) electrons. The van der Waals surface area contributed by atoms with Crippen molar-refractivity contribution < 1.29 is 9.59 Å². The third-order valence-corrected chi connectivity index (χ3v) is 1.04. The molecule has 4 heteroatoms. The number of hydrogen-bond donors (Lipinski definition) is 2. The maximum atomic E-state index is 10.5. The summed E-state index contributed by atoms with van der Waals surface area (Å²) in [5.74, 6) is 1.31. The second kappa shape index (κ2) is 4.34. The van der Waals surface area contributed by atoms with E-state index in [1.807, 2.05) is 0 Å². The summed E-state index contributed by atoms with van der Waals surface area (Å²) < 4.78 is 0. The average Bonchev–Trinajstić information content (AvgIpc) is 1.86. The molecule has 60 valence electrons. The summed E-state index contributed by atoms with van der Waals surface area (Å²) in [7, 11) is 0. The van der Waals surface area contributed by atoms with Gasteiger partial charge in [-0.2, -0.15) is 0 Å². The second-order valence-electron chi connectivity index (χ2n) is 2.06. The molecule has 0 aliphatic carbocycles. The van der Waals surface area contributed by atoms with E-state index in [0.717, 1.165) is 0 Å². The minimum Gasteiger partial charge on any atom is -0.368 e. The average molecular weight is 154 g/mol. The Morgan fingerprint density at radius 3 is 2.55 bits per heavy atom. The highest BCUT2D eigenvalue weighted by atomic mass is 16.2. The molecule has 0 saturated heterocycles. The monoisotopic (exact) mass is 154 g/mol. The lowest BCUT2D eigenvalue weighted by molar-refractivity contribution is -0.126. The van der Waals surface area contributed by atoms with Gasteiger partial charge in [0.2, 0.25) is 11.8 Å². The van der Waals surface area contributed by atoms with Gasteiger partial charge in [0, 0.05) is 13.3 Å². The molecule has 1 unspecified atom stereocenters. The van der Waals surface area contributed by atoms with Crippen LogP contribution in [0.5, 0.6) is 0 Å². The summed E-state index contributed by atoms with van der Waals surface area (Å²) in [6.45, 7) is 1.30. The zero-order valence-electron chi connectivity index (χ0n) is 6.26. The lowest BCUT2D eigenvalue weighted by Crippen LogP contribution is -2.43. The van der Waals surface area contributed by atoms with Crippen molar-refractivity contribution >= 4 is 11.8 Å². The lowest BCUT2D eigenvalue weighted by atomic mass is 10.2. The fraction of sp³-hybridized carbons (Fsp3) is 0.429. The first-order valence-corrected chi connectivity index (χ1v) is 3.07. The van der Waals surface area contributed by atoms with Crippen LogP contribution in [0.4, 0.5) is 0 Å². The van der Waals surface area contributed by atoms with Gasteiger partial charge >= 0.3 is 0 Å². The smallest absolute Gasteiger partial charge is 0.240 e. The van der Waals surface area contributed by atoms with Gasteiger partial charge in [-0.1, -0.05) is 0 Å². The Balaban J connectivity index is 4.02. The van der Waals surface area contributed by atoms with Crippen molar-refractivity contribution in [2.45, 2.75) is 19.4 Å². The molecule has 0 aliphatic heterocycles. The van der Waals surface area contributed by atoms with Crippen LogP contribution in [0.3, 0.4) is 0 Å². The quantitative estimate of drug-likeness (QED) is 0.512. The van der Waals surface area contributed by atoms with Crippen LogP contribution in [0.15, 0.2) is 0 Å². The zero-order chi connectivity index (χ0) is 8.85. The van der Waals surface area contributed by atoms with Gasteiger partial charge in [-0.3, -0.25) is 9.59 Å². The van der Waals surface area contributed by atoms with Crippen molar-refractivity contribution in [3.05, 3.63) is 0 Å². The Labute approximate surface area is 65.1 Å². The molecule has 0 heterocycles. The topological polar surface area (TPSA) is 72.2 Å². The van der Waals surface area contributed by atoms with Crippen molar-refractivity contribution in [2.75, 3.05) is 0 Å². The summed E-state index contributed by atoms with van der Waals surface area (Å²) in [6, 6.07) is -0.738. The van der Waals surface area contributed by atoms with E-state index in [1.165, 1.54) is 6.92 Å². The highest BCUT2D eigenvalue weighted by molar-refractivity contribution is 5.85. The molecule has 0 aromatic heterocycles. The standard InChI is InChI=1S/C7H10N2O2/c1-3-4-6(7(8)11)9-5(2)10/h1,6H,4H2,2H3,(H2,8,11)(H,9,10). The molecule has 0 aromatic rings. The molecule has 0 aliphatic rings. The normalized spacial score (nSPS) is 11.3. The van der Waals surface area contributed by atoms with E-state index in [1.54, 1.807) is 0 Å². The van der Waals surface area contributed by atoms with Gasteiger partial charge < -0.3 is 11.1 Å². The summed E-state index contributed by atoms with van der Waals surface area (Å²) in [4.78, 5) is 21.0. The van der Waals surface area contributed by atoms with Gasteiger partial charge in [0.15, 0.2) is 0 Å². The van der Waals surface area contributed by atoms with Gasteiger partial charge in [0.25, 0.3) is 0 Å². The SMILES string of the molecule is C#CCC(NC(C)=O)C(N)=O. The molecule has 0 saturated carbocycles. The van der Waals surface area contributed by atoms with E-state index in [9.17, 15) is 9.59 Å². The number of nitrogens with two attached hydrogens (primary N) is 1. The first-order valence-electron chi connectivity index (χ1n) is 3.07. The van der Waals surface area contributed by atoms with Gasteiger partial charge in [0.05, 0.1) is 0 Å². The predicted molar refractivity (Wildman–Crippen MR) is 40.2 cm³/mol. The van der Waals surface area contributed by atoms with Gasteiger partial charge in [-0.05, 0) is 0 Å². The lowest BCUT2D eigenvalue weighted by Gasteiger charge is -2.09. The fourth-order valence-corrected chi connectivity index (χ4v) is 0.586. The van der Waals surface area contributed by atoms with Gasteiger partial charge in [-0.15, -0.1) is 12.3 Å². The Kier molecular flexibility index (Phi) is 3.75. The maximum absolute atomic E-state index is 10.5. The number of amides is 2. The van der Waals surface area contributed by atoms with E-state index < -0.39 is 11.9 Å². The van der Waals surface area contributed by atoms with Crippen LogP contribution >= 0.6 is 0 Å². The second-order valence-corrected chi connectivity index (χ2v) is 2.06. The van der Waals surface area contributed by atoms with Crippen LogP contribution in [0.25, 0.3) is 0 Å². The van der Waals surface area contributed by atoms with E-state index in [-0.39, 0.29) is 12.3 Å². The number of carbonyl (C=O) groups is 2. The van der Waals surface area contributed by atoms with E-state index in [4.69, 9.17) is 12.2 Å². The zero-order valence-corrected chi connectivity index (χ0v) is 6.26. The maximum Gasteiger partial charge on any atom is 0.240 e. The first kappa shape index (κ1) is 9.50. The van der Waals surface area contributed by atoms with Crippen molar-refractivity contribution in [2.24, 2.45) is 5.73 Å². The third kappa shape index (κ3) is 3.98. The van der Waals surface area contributed by atoms with Crippen molar-refractivity contribution in [1.82, 2.24) is 5.32 Å². The van der Waals surface area contributed by atoms with Crippen molar-refractivity contribution in [3.8, 4) is 12.3 Å². The number of primary amides is 1. The predicted octanol–water partition coefficient (Wildman–Crippen LogP) is -1.00. The molecule has 11 heavy (non-hydrogen) atoms. The Hall–Kier alpha value is -1.50. The molecule has 4 nitrogen and oxygen atoms in total. The molecule has 0 aromatic carbocycles. The number of rotatable bonds is 3. The molecule has 1 atom stereocenters. The molecule has 2 amide bonds. The van der Waals surface area contributed by atoms with Crippen LogP contribution in [-0.2, 0) is 9.59 Å². The molecular formula is C7H10N2O2. The van der Waals surface area contributed by atoms with Crippen LogP contribution < -0.4 is 11.1 Å². The highest BCUT2D eigenvalue weighted by Gasteiger charge is 2.13. The molecule has 0 fully saturated rings. The fourth-order valence-electron chi connectivity index (χ4n) is 0.586. The summed E-state index contributed by atoms with van der Waals surface area (Å²) in [5.41, 5.74) is 4.92. The van der Waals surface area contributed by atoms with E-state index >= 15 is 0 Å². The van der Waals surface area contributed by atoms with Crippen molar-refractivity contribution in [3.63, 3.8) is 0 Å². The van der Waals surface area contributed by atoms with Gasteiger partial charge in [-0.25, -0.2) is 0 Å². The Morgan fingerprint density at radius 2 is 2.27 bits per heavy atom.